The zero-order chi connectivity index (χ0) is 13.9. The lowest BCUT2D eigenvalue weighted by Gasteiger charge is -2.30. The second kappa shape index (κ2) is 5.71. The molecular weight excluding hydrogens is 258 g/mol. The molecule has 108 valence electrons. The molecule has 0 radical (unpaired) electrons. The quantitative estimate of drug-likeness (QED) is 0.772. The fraction of sp³-hybridized carbons (Fsp3) is 0.533. The molecule has 1 amide bonds. The minimum Gasteiger partial charge on any atom is -0.491 e. The minimum atomic E-state index is 0.139. The van der Waals surface area contributed by atoms with Gasteiger partial charge in [-0.15, -0.1) is 0 Å². The maximum atomic E-state index is 12.2. The van der Waals surface area contributed by atoms with Gasteiger partial charge in [0, 0.05) is 12.5 Å². The summed E-state index contributed by atoms with van der Waals surface area (Å²) in [7, 11) is 0. The SMILES string of the molecule is CCCC(=O)N1CCOc2ccc(OCC3CO3)cc21. The van der Waals surface area contributed by atoms with E-state index in [0.29, 0.717) is 26.2 Å². The Labute approximate surface area is 118 Å². The third kappa shape index (κ3) is 2.88. The zero-order valence-corrected chi connectivity index (χ0v) is 11.6. The molecule has 1 saturated heterocycles. The molecule has 3 rings (SSSR count). The standard InChI is InChI=1S/C15H19NO4/c1-2-3-15(17)16-6-7-18-14-5-4-11(8-13(14)16)19-9-12-10-20-12/h4-5,8,12H,2-3,6-7,9-10H2,1H3. The number of rotatable bonds is 5. The molecule has 5 heteroatoms. The fourth-order valence-corrected chi connectivity index (χ4v) is 2.25. The van der Waals surface area contributed by atoms with Crippen molar-refractivity contribution in [2.24, 2.45) is 0 Å². The van der Waals surface area contributed by atoms with E-state index in [1.807, 2.05) is 25.1 Å². The summed E-state index contributed by atoms with van der Waals surface area (Å²) in [6.45, 7) is 4.48. The number of benzene rings is 1. The maximum absolute atomic E-state index is 12.2. The molecule has 20 heavy (non-hydrogen) atoms. The van der Waals surface area contributed by atoms with E-state index in [-0.39, 0.29) is 12.0 Å². The van der Waals surface area contributed by atoms with E-state index < -0.39 is 0 Å². The van der Waals surface area contributed by atoms with E-state index in [4.69, 9.17) is 14.2 Å². The summed E-state index contributed by atoms with van der Waals surface area (Å²) in [4.78, 5) is 14.0. The van der Waals surface area contributed by atoms with Crippen molar-refractivity contribution in [1.82, 2.24) is 0 Å². The lowest BCUT2D eigenvalue weighted by Crippen LogP contribution is -2.37. The van der Waals surface area contributed by atoms with Gasteiger partial charge < -0.3 is 19.1 Å². The highest BCUT2D eigenvalue weighted by atomic mass is 16.6. The van der Waals surface area contributed by atoms with Gasteiger partial charge in [0.2, 0.25) is 5.91 Å². The van der Waals surface area contributed by atoms with Crippen molar-refractivity contribution in [2.75, 3.05) is 31.3 Å². The Kier molecular flexibility index (Phi) is 3.78. The molecule has 2 aliphatic rings. The van der Waals surface area contributed by atoms with Crippen LogP contribution in [-0.4, -0.2) is 38.4 Å². The van der Waals surface area contributed by atoms with Crippen LogP contribution < -0.4 is 14.4 Å². The van der Waals surface area contributed by atoms with Crippen LogP contribution in [0.4, 0.5) is 5.69 Å². The average Bonchev–Trinajstić information content (AvgIpc) is 3.28. The molecule has 0 aliphatic carbocycles. The van der Waals surface area contributed by atoms with Crippen LogP contribution in [0, 0.1) is 0 Å². The van der Waals surface area contributed by atoms with Gasteiger partial charge in [-0.25, -0.2) is 0 Å². The maximum Gasteiger partial charge on any atom is 0.227 e. The number of epoxide rings is 1. The first-order valence-corrected chi connectivity index (χ1v) is 7.09. The first-order valence-electron chi connectivity index (χ1n) is 7.09. The highest BCUT2D eigenvalue weighted by Gasteiger charge is 2.25. The van der Waals surface area contributed by atoms with Gasteiger partial charge in [0.25, 0.3) is 0 Å². The Morgan fingerprint density at radius 3 is 3.10 bits per heavy atom. The molecule has 2 heterocycles. The van der Waals surface area contributed by atoms with Gasteiger partial charge in [0.15, 0.2) is 0 Å². The molecule has 0 bridgehead atoms. The Bertz CT molecular complexity index is 499. The highest BCUT2D eigenvalue weighted by Crippen LogP contribution is 2.35. The average molecular weight is 277 g/mol. The Morgan fingerprint density at radius 1 is 1.50 bits per heavy atom. The molecule has 5 nitrogen and oxygen atoms in total. The number of anilines is 1. The largest absolute Gasteiger partial charge is 0.491 e. The highest BCUT2D eigenvalue weighted by molar-refractivity contribution is 5.95. The molecule has 1 atom stereocenters. The topological polar surface area (TPSA) is 51.3 Å². The lowest BCUT2D eigenvalue weighted by molar-refractivity contribution is -0.118. The van der Waals surface area contributed by atoms with Crippen LogP contribution in [0.3, 0.4) is 0 Å². The van der Waals surface area contributed by atoms with Crippen LogP contribution in [0.15, 0.2) is 18.2 Å². The molecule has 0 spiro atoms. The van der Waals surface area contributed by atoms with Crippen molar-refractivity contribution in [3.05, 3.63) is 18.2 Å². The van der Waals surface area contributed by atoms with Crippen molar-refractivity contribution < 1.29 is 19.0 Å². The van der Waals surface area contributed by atoms with Gasteiger partial charge in [-0.1, -0.05) is 6.92 Å². The first kappa shape index (κ1) is 13.2. The fourth-order valence-electron chi connectivity index (χ4n) is 2.25. The summed E-state index contributed by atoms with van der Waals surface area (Å²) >= 11 is 0. The van der Waals surface area contributed by atoms with E-state index in [2.05, 4.69) is 0 Å². The molecule has 0 saturated carbocycles. The molecular formula is C15H19NO4. The van der Waals surface area contributed by atoms with E-state index >= 15 is 0 Å². The van der Waals surface area contributed by atoms with Gasteiger partial charge in [-0.05, 0) is 18.6 Å². The lowest BCUT2D eigenvalue weighted by atomic mass is 10.2. The molecule has 1 aromatic carbocycles. The molecule has 1 aromatic rings. The van der Waals surface area contributed by atoms with Gasteiger partial charge in [0.05, 0.1) is 18.8 Å². The van der Waals surface area contributed by atoms with Crippen molar-refractivity contribution in [1.29, 1.82) is 0 Å². The first-order chi connectivity index (χ1) is 9.78. The zero-order valence-electron chi connectivity index (χ0n) is 11.6. The molecule has 0 aromatic heterocycles. The monoisotopic (exact) mass is 277 g/mol. The van der Waals surface area contributed by atoms with E-state index in [1.165, 1.54) is 0 Å². The number of hydrogen-bond donors (Lipinski definition) is 0. The van der Waals surface area contributed by atoms with Gasteiger partial charge in [-0.2, -0.15) is 0 Å². The molecule has 1 fully saturated rings. The van der Waals surface area contributed by atoms with Crippen molar-refractivity contribution >= 4 is 11.6 Å². The van der Waals surface area contributed by atoms with Crippen molar-refractivity contribution in [2.45, 2.75) is 25.9 Å². The number of nitrogens with zero attached hydrogens (tertiary/aromatic N) is 1. The number of carbonyl (C=O) groups excluding carboxylic acids is 1. The number of amides is 1. The Morgan fingerprint density at radius 2 is 2.35 bits per heavy atom. The van der Waals surface area contributed by atoms with Gasteiger partial charge in [0.1, 0.15) is 30.8 Å². The van der Waals surface area contributed by atoms with Crippen LogP contribution in [0.1, 0.15) is 19.8 Å². The van der Waals surface area contributed by atoms with Crippen LogP contribution in [0.2, 0.25) is 0 Å². The van der Waals surface area contributed by atoms with Crippen LogP contribution >= 0.6 is 0 Å². The predicted octanol–water partition coefficient (Wildman–Crippen LogP) is 1.99. The summed E-state index contributed by atoms with van der Waals surface area (Å²) in [6.07, 6.45) is 1.63. The summed E-state index contributed by atoms with van der Waals surface area (Å²) in [5, 5.41) is 0. The molecule has 1 unspecified atom stereocenters. The second-order valence-corrected chi connectivity index (χ2v) is 5.04. The smallest absolute Gasteiger partial charge is 0.227 e. The number of fused-ring (bicyclic) bond motifs is 1. The van der Waals surface area contributed by atoms with Crippen molar-refractivity contribution in [3.63, 3.8) is 0 Å². The summed E-state index contributed by atoms with van der Waals surface area (Å²) in [5.41, 5.74) is 0.809. The summed E-state index contributed by atoms with van der Waals surface area (Å²) in [5.74, 6) is 1.63. The third-order valence-corrected chi connectivity index (χ3v) is 3.40. The minimum absolute atomic E-state index is 0.139. The number of ether oxygens (including phenoxy) is 3. The Balaban J connectivity index is 1.77. The van der Waals surface area contributed by atoms with Crippen molar-refractivity contribution in [3.8, 4) is 11.5 Å². The van der Waals surface area contributed by atoms with Crippen LogP contribution in [0.25, 0.3) is 0 Å². The predicted molar refractivity (Wildman–Crippen MR) is 74.4 cm³/mol. The van der Waals surface area contributed by atoms with Gasteiger partial charge >= 0.3 is 0 Å². The van der Waals surface area contributed by atoms with E-state index in [1.54, 1.807) is 4.90 Å². The normalized spacial score (nSPS) is 20.1. The summed E-state index contributed by atoms with van der Waals surface area (Å²) in [6, 6.07) is 5.61. The number of hydrogen-bond acceptors (Lipinski definition) is 4. The van der Waals surface area contributed by atoms with Gasteiger partial charge in [-0.3, -0.25) is 4.79 Å². The van der Waals surface area contributed by atoms with Crippen LogP contribution in [-0.2, 0) is 9.53 Å². The third-order valence-electron chi connectivity index (χ3n) is 3.40. The molecule has 2 aliphatic heterocycles. The number of carbonyl (C=O) groups is 1. The van der Waals surface area contributed by atoms with E-state index in [0.717, 1.165) is 30.2 Å². The second-order valence-electron chi connectivity index (χ2n) is 5.04. The van der Waals surface area contributed by atoms with E-state index in [9.17, 15) is 4.79 Å². The summed E-state index contributed by atoms with van der Waals surface area (Å²) < 4.78 is 16.4. The van der Waals surface area contributed by atoms with Crippen LogP contribution in [0.5, 0.6) is 11.5 Å². The Hall–Kier alpha value is -1.75. The molecule has 0 N–H and O–H groups in total.